The molecule has 0 amide bonds. The van der Waals surface area contributed by atoms with Gasteiger partial charge in [0.15, 0.2) is 0 Å². The van der Waals surface area contributed by atoms with Crippen LogP contribution in [0, 0.1) is 6.92 Å². The smallest absolute Gasteiger partial charge is 0.128 e. The van der Waals surface area contributed by atoms with Gasteiger partial charge in [-0.2, -0.15) is 0 Å². The van der Waals surface area contributed by atoms with Crippen molar-refractivity contribution in [3.8, 4) is 17.0 Å². The summed E-state index contributed by atoms with van der Waals surface area (Å²) < 4.78 is 7.99. The summed E-state index contributed by atoms with van der Waals surface area (Å²) in [5.41, 5.74) is 3.69. The summed E-state index contributed by atoms with van der Waals surface area (Å²) in [6, 6.07) is 12.5. The Morgan fingerprint density at radius 3 is 2.53 bits per heavy atom. The van der Waals surface area contributed by atoms with Gasteiger partial charge in [0, 0.05) is 17.8 Å². The van der Waals surface area contributed by atoms with E-state index in [4.69, 9.17) is 4.74 Å². The van der Waals surface area contributed by atoms with E-state index in [-0.39, 0.29) is 0 Å². The zero-order valence-electron chi connectivity index (χ0n) is 10.7. The predicted molar refractivity (Wildman–Crippen MR) is 71.4 cm³/mol. The third-order valence-corrected chi connectivity index (χ3v) is 2.98. The highest BCUT2D eigenvalue weighted by Gasteiger charge is 2.10. The van der Waals surface area contributed by atoms with Crippen molar-refractivity contribution in [1.82, 2.24) is 4.57 Å². The maximum absolute atomic E-state index is 5.69. The van der Waals surface area contributed by atoms with Gasteiger partial charge in [-0.15, -0.1) is 0 Å². The summed E-state index contributed by atoms with van der Waals surface area (Å²) in [6.07, 6.45) is 0. The molecular weight excluding hydrogens is 210 g/mol. The summed E-state index contributed by atoms with van der Waals surface area (Å²) >= 11 is 0. The van der Waals surface area contributed by atoms with Crippen molar-refractivity contribution in [2.75, 3.05) is 6.61 Å². The molecule has 0 saturated carbocycles. The Morgan fingerprint density at radius 2 is 1.82 bits per heavy atom. The molecule has 0 radical (unpaired) electrons. The molecule has 0 aliphatic heterocycles. The van der Waals surface area contributed by atoms with E-state index >= 15 is 0 Å². The Labute approximate surface area is 103 Å². The highest BCUT2D eigenvalue weighted by molar-refractivity contribution is 5.68. The van der Waals surface area contributed by atoms with Crippen LogP contribution in [0.4, 0.5) is 0 Å². The zero-order valence-corrected chi connectivity index (χ0v) is 10.7. The van der Waals surface area contributed by atoms with Crippen LogP contribution in [0.5, 0.6) is 5.75 Å². The molecule has 0 bridgehead atoms. The van der Waals surface area contributed by atoms with Gasteiger partial charge >= 0.3 is 0 Å². The topological polar surface area (TPSA) is 14.2 Å². The molecule has 0 fully saturated rings. The normalized spacial score (nSPS) is 10.5. The number of aromatic nitrogens is 1. The maximum atomic E-state index is 5.69. The van der Waals surface area contributed by atoms with E-state index in [0.717, 1.165) is 12.3 Å². The number of benzene rings is 1. The lowest BCUT2D eigenvalue weighted by molar-refractivity contribution is 0.341. The van der Waals surface area contributed by atoms with Crippen molar-refractivity contribution >= 4 is 0 Å². The number of hydrogen-bond donors (Lipinski definition) is 0. The van der Waals surface area contributed by atoms with Crippen LogP contribution < -0.4 is 4.74 Å². The van der Waals surface area contributed by atoms with Gasteiger partial charge in [-0.1, -0.05) is 12.1 Å². The highest BCUT2D eigenvalue weighted by Crippen LogP contribution is 2.31. The van der Waals surface area contributed by atoms with Crippen molar-refractivity contribution in [2.24, 2.45) is 0 Å². The van der Waals surface area contributed by atoms with Crippen LogP contribution in [-0.2, 0) is 6.54 Å². The third-order valence-electron chi connectivity index (χ3n) is 2.98. The fourth-order valence-corrected chi connectivity index (χ4v) is 2.18. The quantitative estimate of drug-likeness (QED) is 0.776. The number of para-hydroxylation sites is 1. The van der Waals surface area contributed by atoms with Gasteiger partial charge < -0.3 is 9.30 Å². The van der Waals surface area contributed by atoms with Gasteiger partial charge in [0.05, 0.1) is 12.3 Å². The van der Waals surface area contributed by atoms with Gasteiger partial charge in [0.1, 0.15) is 5.75 Å². The van der Waals surface area contributed by atoms with Gasteiger partial charge in [-0.25, -0.2) is 0 Å². The van der Waals surface area contributed by atoms with Gasteiger partial charge in [0.2, 0.25) is 0 Å². The molecule has 2 rings (SSSR count). The lowest BCUT2D eigenvalue weighted by Gasteiger charge is -2.13. The summed E-state index contributed by atoms with van der Waals surface area (Å²) in [7, 11) is 0. The summed E-state index contributed by atoms with van der Waals surface area (Å²) in [6.45, 7) is 7.99. The summed E-state index contributed by atoms with van der Waals surface area (Å²) in [5, 5.41) is 0. The Balaban J connectivity index is 2.52. The van der Waals surface area contributed by atoms with E-state index in [1.165, 1.54) is 17.0 Å². The Bertz CT molecular complexity index is 499. The molecule has 0 N–H and O–H groups in total. The lowest BCUT2D eigenvalue weighted by atomic mass is 10.1. The van der Waals surface area contributed by atoms with Crippen LogP contribution in [0.1, 0.15) is 19.5 Å². The molecule has 2 heteroatoms. The number of hydrogen-bond acceptors (Lipinski definition) is 1. The minimum Gasteiger partial charge on any atom is -0.493 e. The molecule has 2 aromatic rings. The lowest BCUT2D eigenvalue weighted by Crippen LogP contribution is -2.01. The molecule has 90 valence electrons. The van der Waals surface area contributed by atoms with Gasteiger partial charge in [-0.05, 0) is 45.0 Å². The SMILES string of the molecule is CCOc1ccccc1-c1ccc(C)n1CC. The summed E-state index contributed by atoms with van der Waals surface area (Å²) in [5.74, 6) is 0.961. The molecule has 0 unspecified atom stereocenters. The van der Waals surface area contributed by atoms with Crippen LogP contribution in [0.3, 0.4) is 0 Å². The van der Waals surface area contributed by atoms with E-state index < -0.39 is 0 Å². The van der Waals surface area contributed by atoms with Crippen LogP contribution >= 0.6 is 0 Å². The molecule has 0 spiro atoms. The summed E-state index contributed by atoms with van der Waals surface area (Å²) in [4.78, 5) is 0. The van der Waals surface area contributed by atoms with Crippen LogP contribution in [0.15, 0.2) is 36.4 Å². The van der Waals surface area contributed by atoms with E-state index in [1.54, 1.807) is 0 Å². The molecule has 2 nitrogen and oxygen atoms in total. The minimum atomic E-state index is 0.697. The first-order valence-corrected chi connectivity index (χ1v) is 6.16. The monoisotopic (exact) mass is 229 g/mol. The first-order valence-electron chi connectivity index (χ1n) is 6.16. The molecule has 1 aromatic heterocycles. The van der Waals surface area contributed by atoms with Crippen molar-refractivity contribution in [2.45, 2.75) is 27.3 Å². The first-order chi connectivity index (χ1) is 8.27. The molecule has 0 aliphatic carbocycles. The van der Waals surface area contributed by atoms with Crippen LogP contribution in [0.2, 0.25) is 0 Å². The fraction of sp³-hybridized carbons (Fsp3) is 0.333. The van der Waals surface area contributed by atoms with Crippen molar-refractivity contribution < 1.29 is 4.74 Å². The van der Waals surface area contributed by atoms with Crippen LogP contribution in [0.25, 0.3) is 11.3 Å². The Hall–Kier alpha value is -1.70. The molecule has 0 aliphatic rings. The second-order valence-electron chi connectivity index (χ2n) is 4.03. The second kappa shape index (κ2) is 5.09. The minimum absolute atomic E-state index is 0.697. The molecular formula is C15H19NO. The predicted octanol–water partition coefficient (Wildman–Crippen LogP) is 3.88. The average Bonchev–Trinajstić information content (AvgIpc) is 2.71. The van der Waals surface area contributed by atoms with Gasteiger partial charge in [-0.3, -0.25) is 0 Å². The first kappa shape index (κ1) is 11.8. The maximum Gasteiger partial charge on any atom is 0.128 e. The second-order valence-corrected chi connectivity index (χ2v) is 4.03. The van der Waals surface area contributed by atoms with E-state index in [1.807, 2.05) is 19.1 Å². The molecule has 1 heterocycles. The van der Waals surface area contributed by atoms with E-state index in [2.05, 4.69) is 42.7 Å². The van der Waals surface area contributed by atoms with Crippen LogP contribution in [-0.4, -0.2) is 11.2 Å². The zero-order chi connectivity index (χ0) is 12.3. The van der Waals surface area contributed by atoms with Crippen molar-refractivity contribution in [1.29, 1.82) is 0 Å². The average molecular weight is 229 g/mol. The number of rotatable bonds is 4. The number of aryl methyl sites for hydroxylation is 1. The standard InChI is InChI=1S/C15H19NO/c1-4-16-12(3)10-11-14(16)13-8-6-7-9-15(13)17-5-2/h6-11H,4-5H2,1-3H3. The van der Waals surface area contributed by atoms with E-state index in [0.29, 0.717) is 6.61 Å². The Morgan fingerprint density at radius 1 is 1.06 bits per heavy atom. The van der Waals surface area contributed by atoms with Gasteiger partial charge in [0.25, 0.3) is 0 Å². The molecule has 1 aromatic carbocycles. The molecule has 17 heavy (non-hydrogen) atoms. The van der Waals surface area contributed by atoms with Crippen molar-refractivity contribution in [3.63, 3.8) is 0 Å². The molecule has 0 saturated heterocycles. The highest BCUT2D eigenvalue weighted by atomic mass is 16.5. The number of nitrogens with zero attached hydrogens (tertiary/aromatic N) is 1. The molecule has 0 atom stereocenters. The largest absolute Gasteiger partial charge is 0.493 e. The fourth-order valence-electron chi connectivity index (χ4n) is 2.18. The van der Waals surface area contributed by atoms with E-state index in [9.17, 15) is 0 Å². The van der Waals surface area contributed by atoms with Crippen molar-refractivity contribution in [3.05, 3.63) is 42.1 Å². The Kier molecular flexibility index (Phi) is 3.52. The number of ether oxygens (including phenoxy) is 1. The third kappa shape index (κ3) is 2.21.